The molecular formula is C6H9Cl2NO2. The molecule has 0 spiro atoms. The number of hydrogen-bond donors (Lipinski definition) is 0. The molecule has 0 amide bonds. The van der Waals surface area contributed by atoms with E-state index < -0.39 is 16.5 Å². The molecule has 0 heterocycles. The van der Waals surface area contributed by atoms with Gasteiger partial charge in [0.05, 0.1) is 6.04 Å². The Morgan fingerprint density at radius 3 is 1.91 bits per heavy atom. The monoisotopic (exact) mass is 197 g/mol. The summed E-state index contributed by atoms with van der Waals surface area (Å²) in [5.41, 5.74) is 0. The summed E-state index contributed by atoms with van der Waals surface area (Å²) in [6, 6.07) is -0.610. The summed E-state index contributed by atoms with van der Waals surface area (Å²) in [4.78, 5) is 22.6. The van der Waals surface area contributed by atoms with E-state index in [9.17, 15) is 9.59 Å². The van der Waals surface area contributed by atoms with Crippen molar-refractivity contribution in [1.82, 2.24) is 4.90 Å². The third-order valence-electron chi connectivity index (χ3n) is 1.24. The first-order valence-corrected chi connectivity index (χ1v) is 3.75. The number of likely N-dealkylation sites (N-methyl/N-ethyl adjacent to an activating group) is 1. The van der Waals surface area contributed by atoms with Gasteiger partial charge in [-0.1, -0.05) is 0 Å². The minimum Gasteiger partial charge on any atom is -0.298 e. The van der Waals surface area contributed by atoms with E-state index in [-0.39, 0.29) is 6.42 Å². The minimum absolute atomic E-state index is 0.0448. The van der Waals surface area contributed by atoms with Crippen molar-refractivity contribution in [3.05, 3.63) is 0 Å². The molecule has 1 atom stereocenters. The minimum atomic E-state index is -0.610. The lowest BCUT2D eigenvalue weighted by atomic mass is 10.2. The highest BCUT2D eigenvalue weighted by atomic mass is 35.5. The Labute approximate surface area is 75.3 Å². The van der Waals surface area contributed by atoms with Crippen LogP contribution >= 0.6 is 23.2 Å². The molecule has 0 radical (unpaired) electrons. The van der Waals surface area contributed by atoms with Gasteiger partial charge in [0.25, 0.3) is 0 Å². The van der Waals surface area contributed by atoms with Crippen molar-refractivity contribution in [2.24, 2.45) is 0 Å². The second-order valence-electron chi connectivity index (χ2n) is 2.34. The van der Waals surface area contributed by atoms with Gasteiger partial charge >= 0.3 is 0 Å². The van der Waals surface area contributed by atoms with Crippen LogP contribution in [0.2, 0.25) is 0 Å². The maximum absolute atomic E-state index is 10.6. The first-order chi connectivity index (χ1) is 4.95. The van der Waals surface area contributed by atoms with Gasteiger partial charge in [0.2, 0.25) is 10.5 Å². The van der Waals surface area contributed by atoms with Crippen LogP contribution in [0.1, 0.15) is 6.42 Å². The number of hydrogen-bond acceptors (Lipinski definition) is 3. The molecule has 0 fully saturated rings. The van der Waals surface area contributed by atoms with Crippen molar-refractivity contribution in [2.45, 2.75) is 12.5 Å². The highest BCUT2D eigenvalue weighted by Crippen LogP contribution is 2.06. The Hall–Kier alpha value is -0.120. The predicted octanol–water partition coefficient (Wildman–Crippen LogP) is 0.837. The number of nitrogens with zero attached hydrogens (tertiary/aromatic N) is 1. The molecule has 0 aromatic heterocycles. The molecule has 1 unspecified atom stereocenters. The molecular weight excluding hydrogens is 189 g/mol. The largest absolute Gasteiger partial charge is 0.298 e. The SMILES string of the molecule is CN(C)C(CC(=O)Cl)C(=O)Cl. The summed E-state index contributed by atoms with van der Waals surface area (Å²) in [6.07, 6.45) is -0.0448. The topological polar surface area (TPSA) is 37.4 Å². The second kappa shape index (κ2) is 4.70. The summed E-state index contributed by atoms with van der Waals surface area (Å²) >= 11 is 10.3. The standard InChI is InChI=1S/C6H9Cl2NO2/c1-9(2)4(6(8)11)3-5(7)10/h4H,3H2,1-2H3. The van der Waals surface area contributed by atoms with Gasteiger partial charge in [-0.3, -0.25) is 14.5 Å². The summed E-state index contributed by atoms with van der Waals surface area (Å²) in [7, 11) is 3.32. The van der Waals surface area contributed by atoms with Crippen LogP contribution in [0.25, 0.3) is 0 Å². The van der Waals surface area contributed by atoms with Crippen LogP contribution in [0.4, 0.5) is 0 Å². The van der Waals surface area contributed by atoms with Gasteiger partial charge in [0.1, 0.15) is 0 Å². The van der Waals surface area contributed by atoms with Crippen molar-refractivity contribution in [3.63, 3.8) is 0 Å². The average molecular weight is 198 g/mol. The number of halogens is 2. The lowest BCUT2D eigenvalue weighted by Crippen LogP contribution is -2.34. The molecule has 0 saturated heterocycles. The third kappa shape index (κ3) is 4.35. The fourth-order valence-electron chi connectivity index (χ4n) is 0.618. The summed E-state index contributed by atoms with van der Waals surface area (Å²) < 4.78 is 0. The molecule has 11 heavy (non-hydrogen) atoms. The lowest BCUT2D eigenvalue weighted by molar-refractivity contribution is -0.120. The van der Waals surface area contributed by atoms with Gasteiger partial charge in [-0.15, -0.1) is 0 Å². The van der Waals surface area contributed by atoms with E-state index in [2.05, 4.69) is 0 Å². The molecule has 0 saturated carbocycles. The molecule has 0 bridgehead atoms. The van der Waals surface area contributed by atoms with Crippen molar-refractivity contribution in [3.8, 4) is 0 Å². The number of carbonyl (C=O) groups is 2. The Balaban J connectivity index is 4.12. The van der Waals surface area contributed by atoms with Crippen molar-refractivity contribution in [2.75, 3.05) is 14.1 Å². The van der Waals surface area contributed by atoms with Crippen LogP contribution < -0.4 is 0 Å². The van der Waals surface area contributed by atoms with Crippen LogP contribution in [-0.4, -0.2) is 35.5 Å². The molecule has 0 rings (SSSR count). The van der Waals surface area contributed by atoms with Crippen LogP contribution in [0.5, 0.6) is 0 Å². The first kappa shape index (κ1) is 10.9. The van der Waals surface area contributed by atoms with E-state index >= 15 is 0 Å². The molecule has 0 aliphatic rings. The first-order valence-electron chi connectivity index (χ1n) is 2.99. The van der Waals surface area contributed by atoms with Gasteiger partial charge in [-0.2, -0.15) is 0 Å². The Kier molecular flexibility index (Phi) is 4.65. The van der Waals surface area contributed by atoms with Crippen LogP contribution in [0.15, 0.2) is 0 Å². The zero-order valence-electron chi connectivity index (χ0n) is 6.30. The fourth-order valence-corrected chi connectivity index (χ4v) is 1.04. The van der Waals surface area contributed by atoms with Gasteiger partial charge < -0.3 is 0 Å². The molecule has 0 aromatic rings. The predicted molar refractivity (Wildman–Crippen MR) is 43.8 cm³/mol. The van der Waals surface area contributed by atoms with Crippen molar-refractivity contribution >= 4 is 33.7 Å². The maximum atomic E-state index is 10.6. The van der Waals surface area contributed by atoms with Gasteiger partial charge in [0, 0.05) is 6.42 Å². The summed E-state index contributed by atoms with van der Waals surface area (Å²) in [5.74, 6) is 0. The van der Waals surface area contributed by atoms with Crippen molar-refractivity contribution < 1.29 is 9.59 Å². The van der Waals surface area contributed by atoms with Gasteiger partial charge in [-0.25, -0.2) is 0 Å². The van der Waals surface area contributed by atoms with Crippen LogP contribution in [-0.2, 0) is 9.59 Å². The molecule has 0 aliphatic carbocycles. The fraction of sp³-hybridized carbons (Fsp3) is 0.667. The number of carbonyl (C=O) groups excluding carboxylic acids is 2. The molecule has 0 aliphatic heterocycles. The van der Waals surface area contributed by atoms with Crippen LogP contribution in [0, 0.1) is 0 Å². The zero-order chi connectivity index (χ0) is 9.02. The summed E-state index contributed by atoms with van der Waals surface area (Å²) in [5, 5.41) is -1.12. The highest BCUT2D eigenvalue weighted by molar-refractivity contribution is 6.67. The Morgan fingerprint density at radius 2 is 1.82 bits per heavy atom. The average Bonchev–Trinajstić information content (AvgIpc) is 1.81. The summed E-state index contributed by atoms with van der Waals surface area (Å²) in [6.45, 7) is 0. The molecule has 64 valence electrons. The Morgan fingerprint density at radius 1 is 1.36 bits per heavy atom. The molecule has 3 nitrogen and oxygen atoms in total. The van der Waals surface area contributed by atoms with E-state index in [0.717, 1.165) is 0 Å². The maximum Gasteiger partial charge on any atom is 0.239 e. The van der Waals surface area contributed by atoms with E-state index in [1.165, 1.54) is 0 Å². The van der Waals surface area contributed by atoms with Crippen molar-refractivity contribution in [1.29, 1.82) is 0 Å². The van der Waals surface area contributed by atoms with Crippen LogP contribution in [0.3, 0.4) is 0 Å². The lowest BCUT2D eigenvalue weighted by Gasteiger charge is -2.17. The zero-order valence-corrected chi connectivity index (χ0v) is 7.82. The van der Waals surface area contributed by atoms with Gasteiger partial charge in [-0.05, 0) is 37.3 Å². The highest BCUT2D eigenvalue weighted by Gasteiger charge is 2.20. The normalized spacial score (nSPS) is 13.2. The Bertz CT molecular complexity index is 170. The number of rotatable bonds is 4. The van der Waals surface area contributed by atoms with E-state index in [4.69, 9.17) is 23.2 Å². The molecule has 0 N–H and O–H groups in total. The molecule has 0 aromatic carbocycles. The molecule has 5 heteroatoms. The van der Waals surface area contributed by atoms with E-state index in [1.54, 1.807) is 19.0 Å². The smallest absolute Gasteiger partial charge is 0.239 e. The van der Waals surface area contributed by atoms with Gasteiger partial charge in [0.15, 0.2) is 0 Å². The third-order valence-corrected chi connectivity index (χ3v) is 1.65. The van der Waals surface area contributed by atoms with E-state index in [0.29, 0.717) is 0 Å². The quantitative estimate of drug-likeness (QED) is 0.628. The van der Waals surface area contributed by atoms with E-state index in [1.807, 2.05) is 0 Å². The second-order valence-corrected chi connectivity index (χ2v) is 3.14.